The Morgan fingerprint density at radius 1 is 0.241 bits per heavy atom. The number of esters is 4. The van der Waals surface area contributed by atoms with Crippen LogP contribution in [-0.2, 0) is 92.6 Å². The fourth-order valence-corrected chi connectivity index (χ4v) is 20.4. The van der Waals surface area contributed by atoms with E-state index < -0.39 is 79.6 Å². The molecule has 0 amide bonds. The zero-order valence-electron chi connectivity index (χ0n) is 93.7. The van der Waals surface area contributed by atoms with Crippen LogP contribution in [-0.4, -0.2) is 196 Å². The highest BCUT2D eigenvalue weighted by atomic mass is 31.2. The van der Waals surface area contributed by atoms with E-state index >= 15 is 0 Å². The molecule has 4 aliphatic heterocycles. The lowest BCUT2D eigenvalue weighted by molar-refractivity contribution is -0.870. The number of phosphoric ester groups is 4. The molecule has 0 saturated carbocycles. The van der Waals surface area contributed by atoms with Crippen LogP contribution in [0.5, 0.6) is 0 Å². The van der Waals surface area contributed by atoms with E-state index in [0.29, 0.717) is 90.9 Å². The van der Waals surface area contributed by atoms with Gasteiger partial charge in [0.25, 0.3) is 31.3 Å². The number of carbonyl (C=O) groups excluding carboxylic acids is 4. The summed E-state index contributed by atoms with van der Waals surface area (Å²) in [5.74, 6) is -1.74. The third-order valence-electron chi connectivity index (χ3n) is 25.3. The Kier molecular flexibility index (Phi) is 85.8. The summed E-state index contributed by atoms with van der Waals surface area (Å²) in [5, 5.41) is 0. The number of allylic oxidation sites excluding steroid dienone is 12. The normalized spacial score (nSPS) is 27.0. The molecular weight excluding hydrogens is 1920 g/mol. The van der Waals surface area contributed by atoms with Crippen molar-refractivity contribution >= 4 is 55.2 Å². The van der Waals surface area contributed by atoms with Crippen LogP contribution < -0.4 is 19.6 Å². The molecule has 0 fully saturated rings. The van der Waals surface area contributed by atoms with E-state index in [1.165, 1.54) is 205 Å². The molecule has 145 heavy (non-hydrogen) atoms. The predicted octanol–water partition coefficient (Wildman–Crippen LogP) is 28.2. The third-order valence-corrected chi connectivity index (χ3v) is 29.5. The predicted molar refractivity (Wildman–Crippen MR) is 584 cm³/mol. The van der Waals surface area contributed by atoms with Gasteiger partial charge in [-0.15, -0.1) is 0 Å². The molecule has 0 spiro atoms. The van der Waals surface area contributed by atoms with Crippen molar-refractivity contribution in [3.63, 3.8) is 0 Å². The minimum absolute atomic E-state index is 0.0423. The van der Waals surface area contributed by atoms with Crippen molar-refractivity contribution in [1.82, 2.24) is 0 Å². The van der Waals surface area contributed by atoms with Crippen molar-refractivity contribution in [3.8, 4) is 0 Å². The highest BCUT2D eigenvalue weighted by Crippen LogP contribution is 2.45. The number of likely N-dealkylation sites (N-methyl/N-ethyl adjacent to an activating group) is 3. The molecule has 0 aromatic carbocycles. The Morgan fingerprint density at radius 2 is 0.393 bits per heavy atom. The topological polar surface area (TPSA) is 340 Å². The van der Waals surface area contributed by atoms with Crippen molar-refractivity contribution in [1.29, 1.82) is 0 Å². The van der Waals surface area contributed by atoms with Crippen LogP contribution in [0.2, 0.25) is 0 Å². The minimum atomic E-state index is -4.51. The van der Waals surface area contributed by atoms with Crippen LogP contribution >= 0.6 is 31.3 Å². The van der Waals surface area contributed by atoms with Crippen LogP contribution in [0.4, 0.5) is 0 Å². The number of hydrogen-bond donors (Lipinski definition) is 0. The van der Waals surface area contributed by atoms with E-state index in [4.69, 9.17) is 55.1 Å². The van der Waals surface area contributed by atoms with Gasteiger partial charge in [-0.3, -0.25) is 37.4 Å². The fourth-order valence-electron chi connectivity index (χ4n) is 16.7. The third kappa shape index (κ3) is 98.0. The van der Waals surface area contributed by atoms with Gasteiger partial charge in [-0.05, 0) is 163 Å². The van der Waals surface area contributed by atoms with Crippen LogP contribution in [0.25, 0.3) is 0 Å². The first-order chi connectivity index (χ1) is 69.1. The van der Waals surface area contributed by atoms with Gasteiger partial charge in [0.2, 0.25) is 0 Å². The average molecular weight is 2130 g/mol. The van der Waals surface area contributed by atoms with E-state index in [2.05, 4.69) is 72.9 Å². The summed E-state index contributed by atoms with van der Waals surface area (Å²) in [6.07, 6.45) is 95.5. The molecule has 0 bridgehead atoms. The summed E-state index contributed by atoms with van der Waals surface area (Å²) in [6, 6.07) is 0. The Balaban J connectivity index is 0.000000967. The Bertz CT molecular complexity index is 3370. The summed E-state index contributed by atoms with van der Waals surface area (Å²) in [4.78, 5) is 99.7. The Morgan fingerprint density at radius 3 is 0.566 bits per heavy atom. The van der Waals surface area contributed by atoms with Gasteiger partial charge in [-0.2, -0.15) is 0 Å². The van der Waals surface area contributed by atoms with E-state index in [-0.39, 0.29) is 76.5 Å². The molecule has 31 heteroatoms. The number of nitrogens with zero attached hydrogens (tertiary/aromatic N) is 3. The van der Waals surface area contributed by atoms with Gasteiger partial charge < -0.3 is 88.2 Å². The van der Waals surface area contributed by atoms with Crippen molar-refractivity contribution in [2.24, 2.45) is 0 Å². The molecule has 4 unspecified atom stereocenters. The lowest BCUT2D eigenvalue weighted by Crippen LogP contribution is -2.37. The standard InChI is InChI=1S/3C29H54NO6P.C27H49O6P/c3*1-27-22-20-18-16-14-12-10-8-6-5-7-9-11-13-15-17-19-21-23-28(26-29(31)35-27)36-37(32,33)34-25-24-30(2,3)4;1-3-23-31-34(29,30)33-26-22-20-18-16-14-12-10-8-6-4-5-7-9-11-13-15-17-19-21-25(2)32-27(28)24-26/h3*10,12,18,20,27-28H,5-9,11,13-17,19,21-26H2,1-4H3;9,11,17,19,25-26H,3-8,10,12-16,18,20-24H2,1-2H3,(H,29,30)/p-1/b3*12-10+,20-18+;11-9-,19-17+/t2*27-,28+;27-,28-;25-,26-/m1010/s1. The van der Waals surface area contributed by atoms with Gasteiger partial charge in [0, 0.05) is 25.7 Å². The van der Waals surface area contributed by atoms with Crippen LogP contribution in [0.3, 0.4) is 0 Å². The maximum atomic E-state index is 12.6. The van der Waals surface area contributed by atoms with E-state index in [0.717, 1.165) is 128 Å². The molecule has 0 aromatic heterocycles. The number of ether oxygens (including phenoxy) is 4. The van der Waals surface area contributed by atoms with Gasteiger partial charge in [0.15, 0.2) is 0 Å². The number of carbonyl (C=O) groups is 4. The zero-order valence-corrected chi connectivity index (χ0v) is 97.3. The van der Waals surface area contributed by atoms with Crippen molar-refractivity contribution < 1.29 is 126 Å². The number of quaternary nitrogens is 3. The van der Waals surface area contributed by atoms with Gasteiger partial charge in [-0.1, -0.05) is 335 Å². The molecule has 4 aliphatic rings. The maximum absolute atomic E-state index is 12.6. The van der Waals surface area contributed by atoms with Crippen molar-refractivity contribution in [2.75, 3.05) is 109 Å². The van der Waals surface area contributed by atoms with Crippen molar-refractivity contribution in [3.05, 3.63) is 97.2 Å². The van der Waals surface area contributed by atoms with Crippen LogP contribution in [0, 0.1) is 0 Å². The SMILES string of the molecule is CCCOP(=O)([O-])O[C@H]1CCCCCCCCCCCC/C=C\CC/C=C/C[C@H](C)OC(=O)C1.C[C@@H]1C/C=C/CC/C=C/CCCCCCCCCCCC[C@@H](OP(=O)([O-])OCC[N+](C)(C)C)CC(=O)O1.C[C@@H]1C/C=C/CC/C=C/CCCCCCCCCCCC[C@H](OP(=O)([O-])OCC[N+](C)(C)C)CC(=O)O1.C[C@H]1C/C=C/CC/C=C/CCCCCCCCCCCC[C@@H](OP(=O)([O-])OCC[N+](C)(C)C)CC(=O)O1. The van der Waals surface area contributed by atoms with Gasteiger partial charge in [0.05, 0.1) is 120 Å². The number of hydrogen-bond acceptors (Lipinski definition) is 24. The highest BCUT2D eigenvalue weighted by Gasteiger charge is 2.29. The zero-order chi connectivity index (χ0) is 107. The maximum Gasteiger partial charge on any atom is 0.308 e. The fraction of sp³-hybridized carbons (Fsp3) is 0.825. The Hall–Kier alpha value is -3.88. The quantitative estimate of drug-likeness (QED) is 0.0301. The molecule has 0 aliphatic carbocycles. The first-order valence-electron chi connectivity index (χ1n) is 57.1. The molecule has 4 heterocycles. The summed E-state index contributed by atoms with van der Waals surface area (Å²) in [7, 11) is -0.314. The molecule has 0 aromatic rings. The first-order valence-corrected chi connectivity index (χ1v) is 62.9. The number of rotatable bonds is 23. The lowest BCUT2D eigenvalue weighted by atomic mass is 10.0. The van der Waals surface area contributed by atoms with Crippen LogP contribution in [0.1, 0.15) is 452 Å². The van der Waals surface area contributed by atoms with E-state index in [9.17, 15) is 57.0 Å². The summed E-state index contributed by atoms with van der Waals surface area (Å²) < 4.78 is 115. The Labute approximate surface area is 883 Å². The monoisotopic (exact) mass is 2130 g/mol. The smallest absolute Gasteiger partial charge is 0.308 e. The molecule has 0 saturated heterocycles. The number of phosphoric acid groups is 4. The summed E-state index contributed by atoms with van der Waals surface area (Å²) in [5.41, 5.74) is 0. The number of cyclic esters (lactones) is 4. The highest BCUT2D eigenvalue weighted by molar-refractivity contribution is 7.46. The van der Waals surface area contributed by atoms with E-state index in [1.54, 1.807) is 0 Å². The second kappa shape index (κ2) is 89.5. The minimum Gasteiger partial charge on any atom is -0.756 e. The summed E-state index contributed by atoms with van der Waals surface area (Å²) in [6.45, 7) is 11.0. The summed E-state index contributed by atoms with van der Waals surface area (Å²) >= 11 is 0. The molecule has 0 N–H and O–H groups in total. The average Bonchev–Trinajstić information content (AvgIpc) is 0.891. The first kappa shape index (κ1) is 139. The van der Waals surface area contributed by atoms with Gasteiger partial charge >= 0.3 is 23.9 Å². The molecular formula is C114H210N3O24P4-. The van der Waals surface area contributed by atoms with Gasteiger partial charge in [-0.25, -0.2) is 0 Å². The molecule has 4 rings (SSSR count). The van der Waals surface area contributed by atoms with Gasteiger partial charge in [0.1, 0.15) is 63.9 Å². The van der Waals surface area contributed by atoms with Crippen LogP contribution in [0.15, 0.2) is 97.2 Å². The second-order valence-corrected chi connectivity index (χ2v) is 49.0. The lowest BCUT2D eigenvalue weighted by Gasteiger charge is -2.30. The molecule has 0 radical (unpaired) electrons. The molecule has 846 valence electrons. The molecule has 12 atom stereocenters. The largest absolute Gasteiger partial charge is 0.756 e. The second-order valence-electron chi connectivity index (χ2n) is 43.6. The molecule has 27 nitrogen and oxygen atoms in total. The van der Waals surface area contributed by atoms with E-state index in [1.807, 2.05) is 122 Å². The van der Waals surface area contributed by atoms with Crippen molar-refractivity contribution in [2.45, 2.75) is 501 Å².